The molecule has 1 aromatic rings. The second kappa shape index (κ2) is 3.31. The lowest BCUT2D eigenvalue weighted by atomic mass is 10.3. The van der Waals surface area contributed by atoms with Crippen LogP contribution in [0.25, 0.3) is 0 Å². The minimum atomic E-state index is -3.70. The van der Waals surface area contributed by atoms with Crippen molar-refractivity contribution in [2.24, 2.45) is 0 Å². The van der Waals surface area contributed by atoms with Crippen LogP contribution in [0.4, 0.5) is 0 Å². The van der Waals surface area contributed by atoms with Crippen LogP contribution in [0, 0.1) is 0 Å². The van der Waals surface area contributed by atoms with Gasteiger partial charge in [-0.2, -0.15) is 9.40 Å². The van der Waals surface area contributed by atoms with Gasteiger partial charge < -0.3 is 5.11 Å². The topological polar surface area (TPSA) is 103 Å². The smallest absolute Gasteiger partial charge is 0.340 e. The van der Waals surface area contributed by atoms with Crippen molar-refractivity contribution in [1.82, 2.24) is 14.5 Å². The van der Waals surface area contributed by atoms with Crippen molar-refractivity contribution < 1.29 is 18.3 Å². The number of carbonyl (C=O) groups is 1. The fourth-order valence-electron chi connectivity index (χ4n) is 1.28. The first-order valence-corrected chi connectivity index (χ1v) is 5.74. The van der Waals surface area contributed by atoms with Crippen LogP contribution in [0.15, 0.2) is 11.2 Å². The highest BCUT2D eigenvalue weighted by molar-refractivity contribution is 7.89. The molecule has 0 aromatic carbocycles. The van der Waals surface area contributed by atoms with Gasteiger partial charge in [0.1, 0.15) is 5.56 Å². The maximum Gasteiger partial charge on any atom is 0.340 e. The van der Waals surface area contributed by atoms with Gasteiger partial charge in [-0.3, -0.25) is 5.10 Å². The number of sulfonamides is 1. The van der Waals surface area contributed by atoms with E-state index >= 15 is 0 Å². The predicted molar refractivity (Wildman–Crippen MR) is 48.9 cm³/mol. The first-order chi connectivity index (χ1) is 7.03. The largest absolute Gasteiger partial charge is 0.478 e. The Morgan fingerprint density at radius 2 is 2.20 bits per heavy atom. The zero-order valence-electron chi connectivity index (χ0n) is 7.67. The van der Waals surface area contributed by atoms with Crippen LogP contribution < -0.4 is 0 Å². The van der Waals surface area contributed by atoms with Gasteiger partial charge in [0.2, 0.25) is 0 Å². The minimum absolute atomic E-state index is 0.318. The number of hydrogen-bond donors (Lipinski definition) is 2. The molecule has 1 aliphatic rings. The Bertz CT molecular complexity index is 488. The molecule has 15 heavy (non-hydrogen) atoms. The third kappa shape index (κ3) is 1.51. The average molecular weight is 231 g/mol. The van der Waals surface area contributed by atoms with E-state index < -0.39 is 16.0 Å². The number of aromatic amines is 1. The molecule has 2 heterocycles. The van der Waals surface area contributed by atoms with Crippen molar-refractivity contribution in [2.75, 3.05) is 13.1 Å². The number of aromatic nitrogens is 2. The highest BCUT2D eigenvalue weighted by Crippen LogP contribution is 2.21. The number of nitrogens with zero attached hydrogens (tertiary/aromatic N) is 2. The molecule has 2 rings (SSSR count). The number of aromatic carboxylic acids is 1. The number of H-pyrrole nitrogens is 1. The summed E-state index contributed by atoms with van der Waals surface area (Å²) in [6, 6.07) is 0. The SMILES string of the molecule is O=C(O)c1cn[nH]c1S(=O)(=O)N1CCC1. The minimum Gasteiger partial charge on any atom is -0.478 e. The molecule has 1 aliphatic heterocycles. The van der Waals surface area contributed by atoms with Gasteiger partial charge in [0.25, 0.3) is 10.0 Å². The second-order valence-electron chi connectivity index (χ2n) is 3.18. The second-order valence-corrected chi connectivity index (χ2v) is 5.05. The average Bonchev–Trinajstić information content (AvgIpc) is 2.46. The molecular formula is C7H9N3O4S. The monoisotopic (exact) mass is 231 g/mol. The lowest BCUT2D eigenvalue weighted by Gasteiger charge is -2.28. The Kier molecular flexibility index (Phi) is 2.24. The molecule has 0 bridgehead atoms. The zero-order valence-corrected chi connectivity index (χ0v) is 8.49. The predicted octanol–water partition coefficient (Wildman–Crippen LogP) is -0.498. The number of hydrogen-bond acceptors (Lipinski definition) is 4. The van der Waals surface area contributed by atoms with E-state index in [4.69, 9.17) is 5.11 Å². The molecule has 0 atom stereocenters. The Labute approximate surface area is 85.8 Å². The van der Waals surface area contributed by atoms with Gasteiger partial charge in [-0.25, -0.2) is 13.2 Å². The molecule has 8 heteroatoms. The van der Waals surface area contributed by atoms with Crippen LogP contribution in [0.1, 0.15) is 16.8 Å². The van der Waals surface area contributed by atoms with Gasteiger partial charge in [0.05, 0.1) is 6.20 Å². The fraction of sp³-hybridized carbons (Fsp3) is 0.429. The summed E-state index contributed by atoms with van der Waals surface area (Å²) >= 11 is 0. The molecule has 82 valence electrons. The van der Waals surface area contributed by atoms with E-state index in [1.54, 1.807) is 0 Å². The van der Waals surface area contributed by atoms with E-state index in [9.17, 15) is 13.2 Å². The molecule has 0 spiro atoms. The molecule has 1 fully saturated rings. The van der Waals surface area contributed by atoms with Crippen LogP contribution in [-0.2, 0) is 10.0 Å². The molecule has 0 unspecified atom stereocenters. The molecule has 1 saturated heterocycles. The van der Waals surface area contributed by atoms with E-state index in [-0.39, 0.29) is 10.6 Å². The van der Waals surface area contributed by atoms with Crippen molar-refractivity contribution in [1.29, 1.82) is 0 Å². The van der Waals surface area contributed by atoms with E-state index in [1.807, 2.05) is 0 Å². The quantitative estimate of drug-likeness (QED) is 0.730. The van der Waals surface area contributed by atoms with Gasteiger partial charge in [-0.05, 0) is 6.42 Å². The van der Waals surface area contributed by atoms with Crippen LogP contribution >= 0.6 is 0 Å². The van der Waals surface area contributed by atoms with Crippen molar-refractivity contribution in [3.05, 3.63) is 11.8 Å². The van der Waals surface area contributed by atoms with E-state index in [0.29, 0.717) is 13.1 Å². The maximum atomic E-state index is 11.8. The summed E-state index contributed by atoms with van der Waals surface area (Å²) in [5.41, 5.74) is -0.318. The van der Waals surface area contributed by atoms with E-state index in [2.05, 4.69) is 10.2 Å². The van der Waals surface area contributed by atoms with Gasteiger partial charge in [-0.15, -0.1) is 0 Å². The summed E-state index contributed by atoms with van der Waals surface area (Å²) in [5.74, 6) is -1.30. The standard InChI is InChI=1S/C7H9N3O4S/c11-7(12)5-4-8-9-6(5)15(13,14)10-2-1-3-10/h4H,1-3H2,(H,8,9)(H,11,12). The lowest BCUT2D eigenvalue weighted by molar-refractivity contribution is 0.0692. The fourth-order valence-corrected chi connectivity index (χ4v) is 2.86. The Balaban J connectivity index is 2.44. The van der Waals surface area contributed by atoms with Crippen molar-refractivity contribution in [3.8, 4) is 0 Å². The molecule has 1 aromatic heterocycles. The summed E-state index contributed by atoms with van der Waals surface area (Å²) < 4.78 is 24.8. The van der Waals surface area contributed by atoms with Gasteiger partial charge in [0.15, 0.2) is 5.03 Å². The molecule has 0 saturated carbocycles. The number of nitrogens with one attached hydrogen (secondary N) is 1. The van der Waals surface area contributed by atoms with Crippen molar-refractivity contribution in [3.63, 3.8) is 0 Å². The van der Waals surface area contributed by atoms with Crippen molar-refractivity contribution in [2.45, 2.75) is 11.4 Å². The third-order valence-electron chi connectivity index (χ3n) is 2.25. The van der Waals surface area contributed by atoms with Crippen molar-refractivity contribution >= 4 is 16.0 Å². The highest BCUT2D eigenvalue weighted by atomic mass is 32.2. The number of carboxylic acid groups (broad SMARTS) is 1. The molecule has 7 nitrogen and oxygen atoms in total. The Morgan fingerprint density at radius 3 is 2.67 bits per heavy atom. The maximum absolute atomic E-state index is 11.8. The summed E-state index contributed by atoms with van der Waals surface area (Å²) in [7, 11) is -3.70. The molecule has 0 amide bonds. The summed E-state index contributed by atoms with van der Waals surface area (Å²) in [6.07, 6.45) is 1.80. The van der Waals surface area contributed by atoms with Gasteiger partial charge in [-0.1, -0.05) is 0 Å². The molecule has 2 N–H and O–H groups in total. The molecule has 0 radical (unpaired) electrons. The van der Waals surface area contributed by atoms with Crippen LogP contribution in [-0.4, -0.2) is 47.1 Å². The van der Waals surface area contributed by atoms with Crippen LogP contribution in [0.2, 0.25) is 0 Å². The summed E-state index contributed by atoms with van der Waals surface area (Å²) in [6.45, 7) is 0.862. The summed E-state index contributed by atoms with van der Waals surface area (Å²) in [5, 5.41) is 14.1. The van der Waals surface area contributed by atoms with E-state index in [0.717, 1.165) is 12.6 Å². The van der Waals surface area contributed by atoms with Gasteiger partial charge in [0, 0.05) is 13.1 Å². The lowest BCUT2D eigenvalue weighted by Crippen LogP contribution is -2.42. The first-order valence-electron chi connectivity index (χ1n) is 4.30. The number of rotatable bonds is 3. The summed E-state index contributed by atoms with van der Waals surface area (Å²) in [4.78, 5) is 10.7. The zero-order chi connectivity index (χ0) is 11.1. The highest BCUT2D eigenvalue weighted by Gasteiger charge is 2.34. The molecule has 0 aliphatic carbocycles. The number of carboxylic acids is 1. The van der Waals surface area contributed by atoms with Crippen LogP contribution in [0.5, 0.6) is 0 Å². The van der Waals surface area contributed by atoms with Gasteiger partial charge >= 0.3 is 5.97 Å². The normalized spacial score (nSPS) is 17.3. The van der Waals surface area contributed by atoms with Crippen LogP contribution in [0.3, 0.4) is 0 Å². The van der Waals surface area contributed by atoms with E-state index in [1.165, 1.54) is 4.31 Å². The Hall–Kier alpha value is -1.41. The Morgan fingerprint density at radius 1 is 1.53 bits per heavy atom. The molecular weight excluding hydrogens is 222 g/mol. The third-order valence-corrected chi connectivity index (χ3v) is 4.12. The first kappa shape index (κ1) is 10.1.